The maximum Gasteiger partial charge on any atom is 0.417 e. The molecule has 4 nitrogen and oxygen atoms in total. The second kappa shape index (κ2) is 6.92. The van der Waals surface area contributed by atoms with Gasteiger partial charge in [-0.15, -0.1) is 11.3 Å². The number of aromatic nitrogens is 2. The lowest BCUT2D eigenvalue weighted by molar-refractivity contribution is -0.137. The van der Waals surface area contributed by atoms with Crippen molar-refractivity contribution in [1.82, 2.24) is 9.38 Å². The summed E-state index contributed by atoms with van der Waals surface area (Å²) in [6.45, 7) is 3.50. The van der Waals surface area contributed by atoms with Crippen LogP contribution < -0.4 is 0 Å². The highest BCUT2D eigenvalue weighted by molar-refractivity contribution is 7.11. The van der Waals surface area contributed by atoms with Crippen molar-refractivity contribution in [3.8, 4) is 0 Å². The van der Waals surface area contributed by atoms with Crippen LogP contribution in [0.15, 0.2) is 29.8 Å². The average molecular weight is 403 g/mol. The van der Waals surface area contributed by atoms with Crippen molar-refractivity contribution in [2.45, 2.75) is 32.5 Å². The van der Waals surface area contributed by atoms with E-state index in [1.807, 2.05) is 13.8 Å². The van der Waals surface area contributed by atoms with Crippen LogP contribution in [0.4, 0.5) is 13.2 Å². The number of esters is 1. The molecule has 0 aromatic carbocycles. The Bertz CT molecular complexity index is 949. The number of hydrogen-bond donors (Lipinski definition) is 0. The second-order valence-corrected chi connectivity index (χ2v) is 7.27. The van der Waals surface area contributed by atoms with E-state index in [1.165, 1.54) is 15.7 Å². The van der Waals surface area contributed by atoms with Crippen molar-refractivity contribution in [2.24, 2.45) is 0 Å². The normalized spacial score (nSPS) is 12.1. The van der Waals surface area contributed by atoms with Crippen LogP contribution in [0, 0.1) is 0 Å². The molecule has 0 spiro atoms. The lowest BCUT2D eigenvalue weighted by Crippen LogP contribution is -2.10. The maximum absolute atomic E-state index is 13.1. The minimum Gasteiger partial charge on any atom is -0.455 e. The van der Waals surface area contributed by atoms with Crippen molar-refractivity contribution in [1.29, 1.82) is 0 Å². The van der Waals surface area contributed by atoms with Crippen LogP contribution in [0.1, 0.15) is 46.4 Å². The van der Waals surface area contributed by atoms with Gasteiger partial charge in [0, 0.05) is 6.20 Å². The van der Waals surface area contributed by atoms with Crippen molar-refractivity contribution >= 4 is 34.6 Å². The zero-order valence-electron chi connectivity index (χ0n) is 13.8. The molecule has 0 saturated heterocycles. The number of carbonyl (C=O) groups is 1. The van der Waals surface area contributed by atoms with Gasteiger partial charge < -0.3 is 4.74 Å². The molecule has 0 aliphatic rings. The van der Waals surface area contributed by atoms with E-state index in [0.717, 1.165) is 12.3 Å². The molecule has 9 heteroatoms. The molecule has 3 heterocycles. The predicted molar refractivity (Wildman–Crippen MR) is 92.7 cm³/mol. The van der Waals surface area contributed by atoms with Crippen LogP contribution in [-0.4, -0.2) is 15.4 Å². The number of pyridine rings is 1. The van der Waals surface area contributed by atoms with E-state index in [9.17, 15) is 18.0 Å². The van der Waals surface area contributed by atoms with Crippen LogP contribution in [0.5, 0.6) is 0 Å². The average Bonchev–Trinajstić information content (AvgIpc) is 3.19. The zero-order valence-corrected chi connectivity index (χ0v) is 15.4. The SMILES string of the molecule is CC(C)c1nc2c(Cl)cc(C(F)(F)F)cn2c1COC(=O)c1cccs1. The van der Waals surface area contributed by atoms with E-state index < -0.39 is 17.7 Å². The third kappa shape index (κ3) is 3.57. The summed E-state index contributed by atoms with van der Waals surface area (Å²) in [7, 11) is 0. The van der Waals surface area contributed by atoms with E-state index in [4.69, 9.17) is 16.3 Å². The van der Waals surface area contributed by atoms with Crippen LogP contribution >= 0.6 is 22.9 Å². The molecule has 0 amide bonds. The third-order valence-corrected chi connectivity index (χ3v) is 4.87. The maximum atomic E-state index is 13.1. The molecule has 0 aliphatic carbocycles. The van der Waals surface area contributed by atoms with E-state index in [2.05, 4.69) is 4.98 Å². The van der Waals surface area contributed by atoms with E-state index in [-0.39, 0.29) is 23.2 Å². The molecule has 26 heavy (non-hydrogen) atoms. The van der Waals surface area contributed by atoms with Crippen LogP contribution in [0.25, 0.3) is 5.65 Å². The highest BCUT2D eigenvalue weighted by atomic mass is 35.5. The third-order valence-electron chi connectivity index (χ3n) is 3.74. The molecule has 0 aliphatic heterocycles. The minimum absolute atomic E-state index is 0.0873. The van der Waals surface area contributed by atoms with Gasteiger partial charge in [-0.1, -0.05) is 31.5 Å². The topological polar surface area (TPSA) is 43.6 Å². The Morgan fingerprint density at radius 1 is 1.42 bits per heavy atom. The lowest BCUT2D eigenvalue weighted by atomic mass is 10.1. The van der Waals surface area contributed by atoms with Crippen LogP contribution in [0.3, 0.4) is 0 Å². The van der Waals surface area contributed by atoms with Crippen LogP contribution in [0.2, 0.25) is 5.02 Å². The molecule has 0 fully saturated rings. The molecular formula is C17H14ClF3N2O2S. The Morgan fingerprint density at radius 3 is 2.73 bits per heavy atom. The molecular weight excluding hydrogens is 389 g/mol. The van der Waals surface area contributed by atoms with Crippen molar-refractivity contribution < 1.29 is 22.7 Å². The van der Waals surface area contributed by atoms with Gasteiger partial charge in [0.25, 0.3) is 0 Å². The Kier molecular flexibility index (Phi) is 4.98. The van der Waals surface area contributed by atoms with Gasteiger partial charge in [-0.2, -0.15) is 13.2 Å². The fraction of sp³-hybridized carbons (Fsp3) is 0.294. The number of alkyl halides is 3. The molecule has 3 aromatic heterocycles. The number of rotatable bonds is 4. The number of imidazole rings is 1. The monoisotopic (exact) mass is 402 g/mol. The van der Waals surface area contributed by atoms with E-state index >= 15 is 0 Å². The Morgan fingerprint density at radius 2 is 2.15 bits per heavy atom. The van der Waals surface area contributed by atoms with Gasteiger partial charge in [-0.25, -0.2) is 9.78 Å². The zero-order chi connectivity index (χ0) is 19.1. The van der Waals surface area contributed by atoms with Crippen molar-refractivity contribution in [3.05, 3.63) is 56.6 Å². The number of nitrogens with zero attached hydrogens (tertiary/aromatic N) is 2. The quantitative estimate of drug-likeness (QED) is 0.537. The largest absolute Gasteiger partial charge is 0.455 e. The predicted octanol–water partition coefficient (Wildman–Crippen LogP) is 5.55. The van der Waals surface area contributed by atoms with E-state index in [0.29, 0.717) is 16.3 Å². The smallest absolute Gasteiger partial charge is 0.417 e. The molecule has 138 valence electrons. The molecule has 0 atom stereocenters. The number of carbonyl (C=O) groups excluding carboxylic acids is 1. The summed E-state index contributed by atoms with van der Waals surface area (Å²) in [6.07, 6.45) is -3.63. The number of fused-ring (bicyclic) bond motifs is 1. The highest BCUT2D eigenvalue weighted by Gasteiger charge is 2.32. The van der Waals surface area contributed by atoms with Gasteiger partial charge in [0.1, 0.15) is 11.5 Å². The molecule has 0 N–H and O–H groups in total. The second-order valence-electron chi connectivity index (χ2n) is 5.92. The Hall–Kier alpha value is -2.06. The number of ether oxygens (including phenoxy) is 1. The summed E-state index contributed by atoms with van der Waals surface area (Å²) in [4.78, 5) is 16.8. The van der Waals surface area contributed by atoms with Gasteiger partial charge in [0.05, 0.1) is 22.0 Å². The van der Waals surface area contributed by atoms with Crippen LogP contribution in [-0.2, 0) is 17.5 Å². The van der Waals surface area contributed by atoms with Crippen molar-refractivity contribution in [3.63, 3.8) is 0 Å². The molecule has 0 unspecified atom stereocenters. The molecule has 0 radical (unpaired) electrons. The molecule has 0 bridgehead atoms. The Labute approximate surface area is 156 Å². The van der Waals surface area contributed by atoms with Gasteiger partial charge in [0.2, 0.25) is 0 Å². The summed E-state index contributed by atoms with van der Waals surface area (Å²) in [5, 5.41) is 1.62. The molecule has 0 saturated carbocycles. The first-order valence-electron chi connectivity index (χ1n) is 7.66. The van der Waals surface area contributed by atoms with Gasteiger partial charge >= 0.3 is 12.1 Å². The summed E-state index contributed by atoms with van der Waals surface area (Å²) in [5.74, 6) is -0.626. The number of halogens is 4. The van der Waals surface area contributed by atoms with Gasteiger partial charge in [-0.05, 0) is 23.4 Å². The fourth-order valence-corrected chi connectivity index (χ4v) is 3.40. The number of hydrogen-bond acceptors (Lipinski definition) is 4. The summed E-state index contributed by atoms with van der Waals surface area (Å²) >= 11 is 7.24. The summed E-state index contributed by atoms with van der Waals surface area (Å²) in [6, 6.07) is 4.17. The number of thiophene rings is 1. The van der Waals surface area contributed by atoms with Crippen molar-refractivity contribution in [2.75, 3.05) is 0 Å². The minimum atomic E-state index is -4.55. The summed E-state index contributed by atoms with van der Waals surface area (Å²) in [5.41, 5.74) is 0.206. The Balaban J connectivity index is 2.05. The van der Waals surface area contributed by atoms with Gasteiger partial charge in [0.15, 0.2) is 5.65 Å². The highest BCUT2D eigenvalue weighted by Crippen LogP contribution is 2.34. The molecule has 3 aromatic rings. The molecule has 3 rings (SSSR count). The first-order valence-corrected chi connectivity index (χ1v) is 8.92. The van der Waals surface area contributed by atoms with E-state index in [1.54, 1.807) is 17.5 Å². The first kappa shape index (κ1) is 18.7. The van der Waals surface area contributed by atoms with Gasteiger partial charge in [-0.3, -0.25) is 4.40 Å². The standard InChI is InChI=1S/C17H14ClF3N2O2S/c1-9(2)14-12(8-25-16(24)13-4-3-5-26-13)23-7-10(17(19,20)21)6-11(18)15(23)22-14/h3-7,9H,8H2,1-2H3. The first-order chi connectivity index (χ1) is 12.2. The summed E-state index contributed by atoms with van der Waals surface area (Å²) < 4.78 is 45.9. The fourth-order valence-electron chi connectivity index (χ4n) is 2.53. The lowest BCUT2D eigenvalue weighted by Gasteiger charge is -2.11.